The van der Waals surface area contributed by atoms with Gasteiger partial charge in [0.2, 0.25) is 0 Å². The van der Waals surface area contributed by atoms with Gasteiger partial charge in [-0.25, -0.2) is 0 Å². The Kier molecular flexibility index (Phi) is 6.48. The molecule has 17 heavy (non-hydrogen) atoms. The minimum Gasteiger partial charge on any atom is -0.491 e. The maximum Gasteiger partial charge on any atom is 0.119 e. The van der Waals surface area contributed by atoms with E-state index in [4.69, 9.17) is 9.84 Å². The summed E-state index contributed by atoms with van der Waals surface area (Å²) in [5.74, 6) is 0.917. The van der Waals surface area contributed by atoms with Crippen LogP contribution in [0.2, 0.25) is 0 Å². The number of aliphatic hydroxyl groups excluding tert-OH is 1. The molecule has 3 heteroatoms. The first-order valence-electron chi connectivity index (χ1n) is 6.37. The standard InChI is InChI=1S/C14H23NO2/c1-3-12(2)17-14-8-6-13(7-9-14)15-10-4-5-11-16/h6-9,12,15-16H,3-5,10-11H2,1-2H3. The van der Waals surface area contributed by atoms with Crippen molar-refractivity contribution in [2.24, 2.45) is 0 Å². The molecule has 1 atom stereocenters. The summed E-state index contributed by atoms with van der Waals surface area (Å²) in [5, 5.41) is 12.0. The predicted octanol–water partition coefficient (Wildman–Crippen LogP) is 3.05. The van der Waals surface area contributed by atoms with Crippen LogP contribution in [-0.4, -0.2) is 24.4 Å². The van der Waals surface area contributed by atoms with E-state index in [0.717, 1.165) is 37.2 Å². The summed E-state index contributed by atoms with van der Waals surface area (Å²) in [4.78, 5) is 0. The van der Waals surface area contributed by atoms with Gasteiger partial charge in [0, 0.05) is 18.8 Å². The van der Waals surface area contributed by atoms with Crippen molar-refractivity contribution in [1.29, 1.82) is 0 Å². The maximum atomic E-state index is 8.66. The largest absolute Gasteiger partial charge is 0.491 e. The average Bonchev–Trinajstić information content (AvgIpc) is 2.36. The van der Waals surface area contributed by atoms with E-state index >= 15 is 0 Å². The highest BCUT2D eigenvalue weighted by Crippen LogP contribution is 2.17. The van der Waals surface area contributed by atoms with Gasteiger partial charge in [-0.15, -0.1) is 0 Å². The molecule has 1 rings (SSSR count). The Morgan fingerprint density at radius 1 is 1.24 bits per heavy atom. The lowest BCUT2D eigenvalue weighted by Crippen LogP contribution is -2.09. The fraction of sp³-hybridized carbons (Fsp3) is 0.571. The first-order valence-corrected chi connectivity index (χ1v) is 6.37. The van der Waals surface area contributed by atoms with Crippen LogP contribution < -0.4 is 10.1 Å². The van der Waals surface area contributed by atoms with Crippen molar-refractivity contribution in [2.45, 2.75) is 39.2 Å². The number of unbranched alkanes of at least 4 members (excludes halogenated alkanes) is 1. The second kappa shape index (κ2) is 7.96. The number of aliphatic hydroxyl groups is 1. The van der Waals surface area contributed by atoms with Gasteiger partial charge < -0.3 is 15.2 Å². The number of benzene rings is 1. The molecular weight excluding hydrogens is 214 g/mol. The van der Waals surface area contributed by atoms with Crippen molar-refractivity contribution in [3.05, 3.63) is 24.3 Å². The Hall–Kier alpha value is -1.22. The van der Waals surface area contributed by atoms with Crippen LogP contribution in [0.4, 0.5) is 5.69 Å². The van der Waals surface area contributed by atoms with Gasteiger partial charge in [-0.3, -0.25) is 0 Å². The molecule has 0 saturated carbocycles. The average molecular weight is 237 g/mol. The molecule has 2 N–H and O–H groups in total. The van der Waals surface area contributed by atoms with E-state index in [9.17, 15) is 0 Å². The van der Waals surface area contributed by atoms with Crippen LogP contribution in [0, 0.1) is 0 Å². The van der Waals surface area contributed by atoms with Crippen molar-refractivity contribution in [1.82, 2.24) is 0 Å². The summed E-state index contributed by atoms with van der Waals surface area (Å²) in [7, 11) is 0. The lowest BCUT2D eigenvalue weighted by Gasteiger charge is -2.13. The molecule has 0 amide bonds. The first kappa shape index (κ1) is 13.8. The van der Waals surface area contributed by atoms with Crippen LogP contribution in [0.25, 0.3) is 0 Å². The Bertz CT molecular complexity index is 298. The number of rotatable bonds is 8. The fourth-order valence-electron chi connectivity index (χ4n) is 1.44. The lowest BCUT2D eigenvalue weighted by molar-refractivity contribution is 0.217. The van der Waals surface area contributed by atoms with Crippen molar-refractivity contribution >= 4 is 5.69 Å². The first-order chi connectivity index (χ1) is 8.26. The molecule has 0 aliphatic heterocycles. The van der Waals surface area contributed by atoms with Gasteiger partial charge in [-0.05, 0) is 50.5 Å². The molecule has 1 aromatic rings. The molecule has 0 heterocycles. The summed E-state index contributed by atoms with van der Waals surface area (Å²) in [5.41, 5.74) is 1.10. The molecule has 3 nitrogen and oxygen atoms in total. The van der Waals surface area contributed by atoms with E-state index in [2.05, 4.69) is 19.2 Å². The molecule has 0 aromatic heterocycles. The van der Waals surface area contributed by atoms with Crippen LogP contribution in [0.1, 0.15) is 33.1 Å². The second-order valence-corrected chi connectivity index (χ2v) is 4.22. The predicted molar refractivity (Wildman–Crippen MR) is 71.6 cm³/mol. The minimum atomic E-state index is 0.262. The third kappa shape index (κ3) is 5.59. The summed E-state index contributed by atoms with van der Waals surface area (Å²) in [6, 6.07) is 8.02. The zero-order chi connectivity index (χ0) is 12.5. The molecule has 0 spiro atoms. The van der Waals surface area contributed by atoms with E-state index in [-0.39, 0.29) is 12.7 Å². The zero-order valence-corrected chi connectivity index (χ0v) is 10.8. The summed E-state index contributed by atoms with van der Waals surface area (Å²) in [6.07, 6.45) is 3.11. The van der Waals surface area contributed by atoms with Crippen LogP contribution in [-0.2, 0) is 0 Å². The summed E-state index contributed by atoms with van der Waals surface area (Å²) < 4.78 is 5.70. The maximum absolute atomic E-state index is 8.66. The molecule has 0 fully saturated rings. The summed E-state index contributed by atoms with van der Waals surface area (Å²) >= 11 is 0. The number of hydrogen-bond donors (Lipinski definition) is 2. The molecular formula is C14H23NO2. The topological polar surface area (TPSA) is 41.5 Å². The van der Waals surface area contributed by atoms with E-state index in [0.29, 0.717) is 0 Å². The van der Waals surface area contributed by atoms with Crippen LogP contribution in [0.15, 0.2) is 24.3 Å². The Balaban J connectivity index is 2.34. The van der Waals surface area contributed by atoms with E-state index in [1.807, 2.05) is 24.3 Å². The van der Waals surface area contributed by atoms with E-state index < -0.39 is 0 Å². The highest BCUT2D eigenvalue weighted by Gasteiger charge is 2.00. The highest BCUT2D eigenvalue weighted by atomic mass is 16.5. The van der Waals surface area contributed by atoms with E-state index in [1.165, 1.54) is 0 Å². The number of anilines is 1. The van der Waals surface area contributed by atoms with Gasteiger partial charge in [-0.2, -0.15) is 0 Å². The zero-order valence-electron chi connectivity index (χ0n) is 10.8. The molecule has 0 aliphatic carbocycles. The third-order valence-electron chi connectivity index (χ3n) is 2.68. The van der Waals surface area contributed by atoms with Gasteiger partial charge in [0.1, 0.15) is 5.75 Å². The molecule has 1 aromatic carbocycles. The van der Waals surface area contributed by atoms with Crippen molar-refractivity contribution < 1.29 is 9.84 Å². The van der Waals surface area contributed by atoms with Crippen molar-refractivity contribution in [3.8, 4) is 5.75 Å². The fourth-order valence-corrected chi connectivity index (χ4v) is 1.44. The Morgan fingerprint density at radius 2 is 1.94 bits per heavy atom. The monoisotopic (exact) mass is 237 g/mol. The molecule has 0 aliphatic rings. The molecule has 0 saturated heterocycles. The quantitative estimate of drug-likeness (QED) is 0.683. The highest BCUT2D eigenvalue weighted by molar-refractivity contribution is 5.46. The second-order valence-electron chi connectivity index (χ2n) is 4.22. The van der Waals surface area contributed by atoms with Crippen molar-refractivity contribution in [3.63, 3.8) is 0 Å². The Morgan fingerprint density at radius 3 is 2.53 bits per heavy atom. The van der Waals surface area contributed by atoms with Gasteiger partial charge >= 0.3 is 0 Å². The Labute approximate surface area is 104 Å². The van der Waals surface area contributed by atoms with E-state index in [1.54, 1.807) is 0 Å². The van der Waals surface area contributed by atoms with Crippen molar-refractivity contribution in [2.75, 3.05) is 18.5 Å². The van der Waals surface area contributed by atoms with Crippen LogP contribution in [0.5, 0.6) is 5.75 Å². The lowest BCUT2D eigenvalue weighted by atomic mass is 10.2. The number of hydrogen-bond acceptors (Lipinski definition) is 3. The SMILES string of the molecule is CCC(C)Oc1ccc(NCCCCO)cc1. The van der Waals surface area contributed by atoms with Gasteiger partial charge in [0.05, 0.1) is 6.10 Å². The number of ether oxygens (including phenoxy) is 1. The minimum absolute atomic E-state index is 0.262. The smallest absolute Gasteiger partial charge is 0.119 e. The molecule has 1 unspecified atom stereocenters. The van der Waals surface area contributed by atoms with Gasteiger partial charge in [0.25, 0.3) is 0 Å². The molecule has 0 radical (unpaired) electrons. The normalized spacial score (nSPS) is 12.2. The molecule has 96 valence electrons. The van der Waals surface area contributed by atoms with Gasteiger partial charge in [0.15, 0.2) is 0 Å². The third-order valence-corrected chi connectivity index (χ3v) is 2.68. The van der Waals surface area contributed by atoms with Gasteiger partial charge in [-0.1, -0.05) is 6.92 Å². The van der Waals surface area contributed by atoms with Crippen LogP contribution in [0.3, 0.4) is 0 Å². The number of nitrogens with one attached hydrogen (secondary N) is 1. The molecule has 0 bridgehead atoms. The van der Waals surface area contributed by atoms with Crippen LogP contribution >= 0.6 is 0 Å². The summed E-state index contributed by atoms with van der Waals surface area (Å²) in [6.45, 7) is 5.35.